The first kappa shape index (κ1) is 13.6. The van der Waals surface area contributed by atoms with E-state index in [-0.39, 0.29) is 0 Å². The second-order valence-electron chi connectivity index (χ2n) is 5.73. The Kier molecular flexibility index (Phi) is 4.44. The van der Waals surface area contributed by atoms with Crippen LogP contribution in [0.4, 0.5) is 0 Å². The molecule has 1 aromatic heterocycles. The molecule has 1 aliphatic rings. The number of aromatic nitrogens is 2. The third-order valence-corrected chi connectivity index (χ3v) is 4.56. The van der Waals surface area contributed by atoms with Gasteiger partial charge in [-0.2, -0.15) is 5.10 Å². The highest BCUT2D eigenvalue weighted by molar-refractivity contribution is 5.28. The van der Waals surface area contributed by atoms with E-state index in [9.17, 15) is 0 Å². The molecule has 3 heteroatoms. The highest BCUT2D eigenvalue weighted by Crippen LogP contribution is 2.35. The summed E-state index contributed by atoms with van der Waals surface area (Å²) in [5, 5.41) is 8.13. The molecule has 1 aromatic rings. The predicted molar refractivity (Wildman–Crippen MR) is 75.7 cm³/mol. The summed E-state index contributed by atoms with van der Waals surface area (Å²) in [6.45, 7) is 4.33. The second kappa shape index (κ2) is 5.87. The maximum Gasteiger partial charge on any atom is 0.0644 e. The van der Waals surface area contributed by atoms with E-state index in [1.807, 2.05) is 11.7 Å². The maximum absolute atomic E-state index is 4.57. The van der Waals surface area contributed by atoms with Crippen molar-refractivity contribution in [2.24, 2.45) is 13.0 Å². The van der Waals surface area contributed by atoms with Gasteiger partial charge >= 0.3 is 0 Å². The molecule has 0 saturated heterocycles. The van der Waals surface area contributed by atoms with Gasteiger partial charge < -0.3 is 5.32 Å². The molecule has 1 unspecified atom stereocenters. The lowest BCUT2D eigenvalue weighted by molar-refractivity contribution is 0.339. The van der Waals surface area contributed by atoms with Gasteiger partial charge in [0.15, 0.2) is 0 Å². The average Bonchev–Trinajstić information content (AvgIpc) is 2.58. The van der Waals surface area contributed by atoms with Crippen molar-refractivity contribution >= 4 is 0 Å². The van der Waals surface area contributed by atoms with Crippen LogP contribution in [0, 0.1) is 19.8 Å². The Morgan fingerprint density at radius 2 is 1.78 bits per heavy atom. The summed E-state index contributed by atoms with van der Waals surface area (Å²) >= 11 is 0. The smallest absolute Gasteiger partial charge is 0.0644 e. The van der Waals surface area contributed by atoms with E-state index in [4.69, 9.17) is 0 Å². The van der Waals surface area contributed by atoms with Crippen molar-refractivity contribution in [1.29, 1.82) is 0 Å². The lowest BCUT2D eigenvalue weighted by atomic mass is 9.86. The van der Waals surface area contributed by atoms with Crippen LogP contribution >= 0.6 is 0 Å². The Morgan fingerprint density at radius 3 is 2.22 bits per heavy atom. The molecular formula is C15H27N3. The Balaban J connectivity index is 2.26. The summed E-state index contributed by atoms with van der Waals surface area (Å²) in [5.41, 5.74) is 3.95. The zero-order valence-corrected chi connectivity index (χ0v) is 12.3. The van der Waals surface area contributed by atoms with Crippen molar-refractivity contribution in [3.05, 3.63) is 17.0 Å². The van der Waals surface area contributed by atoms with Gasteiger partial charge in [0.1, 0.15) is 0 Å². The fraction of sp³-hybridized carbons (Fsp3) is 0.800. The van der Waals surface area contributed by atoms with Crippen molar-refractivity contribution in [1.82, 2.24) is 15.1 Å². The van der Waals surface area contributed by atoms with Gasteiger partial charge in [-0.05, 0) is 39.7 Å². The topological polar surface area (TPSA) is 29.9 Å². The number of hydrogen-bond donors (Lipinski definition) is 1. The molecule has 1 aliphatic carbocycles. The quantitative estimate of drug-likeness (QED) is 0.833. The molecule has 102 valence electrons. The van der Waals surface area contributed by atoms with E-state index in [2.05, 4.69) is 31.3 Å². The normalized spacial score (nSPS) is 19.8. The molecule has 0 spiro atoms. The SMILES string of the molecule is CNC(c1c(C)nn(C)c1C)C1CCCCCC1. The molecule has 0 bridgehead atoms. The Morgan fingerprint density at radius 1 is 1.17 bits per heavy atom. The van der Waals surface area contributed by atoms with Crippen LogP contribution in [0.1, 0.15) is 61.5 Å². The first-order chi connectivity index (χ1) is 8.65. The van der Waals surface area contributed by atoms with Crippen LogP contribution in [0.25, 0.3) is 0 Å². The van der Waals surface area contributed by atoms with E-state index in [1.165, 1.54) is 55.5 Å². The summed E-state index contributed by atoms with van der Waals surface area (Å²) in [7, 11) is 4.15. The Bertz CT molecular complexity index is 387. The molecule has 0 aliphatic heterocycles. The van der Waals surface area contributed by atoms with Gasteiger partial charge in [0.2, 0.25) is 0 Å². The summed E-state index contributed by atoms with van der Waals surface area (Å²) in [5.74, 6) is 0.777. The van der Waals surface area contributed by atoms with Crippen molar-refractivity contribution in [3.8, 4) is 0 Å². The fourth-order valence-electron chi connectivity index (χ4n) is 3.50. The molecule has 0 aromatic carbocycles. The largest absolute Gasteiger partial charge is 0.313 e. The van der Waals surface area contributed by atoms with Crippen LogP contribution in [0.5, 0.6) is 0 Å². The Labute approximate surface area is 111 Å². The number of hydrogen-bond acceptors (Lipinski definition) is 2. The van der Waals surface area contributed by atoms with Gasteiger partial charge in [0, 0.05) is 24.3 Å². The summed E-state index contributed by atoms with van der Waals surface area (Å²) < 4.78 is 2.02. The zero-order valence-electron chi connectivity index (χ0n) is 12.3. The van der Waals surface area contributed by atoms with Crippen molar-refractivity contribution < 1.29 is 0 Å². The minimum atomic E-state index is 0.483. The standard InChI is InChI=1S/C15H27N3/c1-11-14(12(2)18(4)17-11)15(16-3)13-9-7-5-6-8-10-13/h13,15-16H,5-10H2,1-4H3. The molecule has 1 saturated carbocycles. The van der Waals surface area contributed by atoms with Crippen molar-refractivity contribution in [2.75, 3.05) is 7.05 Å². The zero-order chi connectivity index (χ0) is 13.1. The number of aryl methyl sites for hydroxylation is 2. The maximum atomic E-state index is 4.57. The van der Waals surface area contributed by atoms with E-state index >= 15 is 0 Å². The molecule has 0 amide bonds. The molecule has 1 fully saturated rings. The van der Waals surface area contributed by atoms with Gasteiger partial charge in [-0.15, -0.1) is 0 Å². The highest BCUT2D eigenvalue weighted by atomic mass is 15.3. The second-order valence-corrected chi connectivity index (χ2v) is 5.73. The predicted octanol–water partition coefficient (Wildman–Crippen LogP) is 3.27. The van der Waals surface area contributed by atoms with Crippen molar-refractivity contribution in [3.63, 3.8) is 0 Å². The molecule has 0 radical (unpaired) electrons. The van der Waals surface area contributed by atoms with Crippen LogP contribution in [-0.2, 0) is 7.05 Å². The van der Waals surface area contributed by atoms with E-state index in [1.54, 1.807) is 0 Å². The molecule has 3 nitrogen and oxygen atoms in total. The molecule has 1 heterocycles. The van der Waals surface area contributed by atoms with Gasteiger partial charge in [0.25, 0.3) is 0 Å². The minimum Gasteiger partial charge on any atom is -0.313 e. The molecule has 2 rings (SSSR count). The monoisotopic (exact) mass is 249 g/mol. The third-order valence-electron chi connectivity index (χ3n) is 4.56. The van der Waals surface area contributed by atoms with Gasteiger partial charge in [0.05, 0.1) is 5.69 Å². The molecule has 1 atom stereocenters. The van der Waals surface area contributed by atoms with Crippen LogP contribution < -0.4 is 5.32 Å². The third kappa shape index (κ3) is 2.61. The van der Waals surface area contributed by atoms with E-state index in [0.29, 0.717) is 6.04 Å². The lowest BCUT2D eigenvalue weighted by Crippen LogP contribution is -2.26. The van der Waals surface area contributed by atoms with Crippen LogP contribution in [0.3, 0.4) is 0 Å². The highest BCUT2D eigenvalue weighted by Gasteiger charge is 2.27. The molecule has 1 N–H and O–H groups in total. The first-order valence-electron chi connectivity index (χ1n) is 7.32. The van der Waals surface area contributed by atoms with Crippen LogP contribution in [0.2, 0.25) is 0 Å². The lowest BCUT2D eigenvalue weighted by Gasteiger charge is -2.26. The number of nitrogens with zero attached hydrogens (tertiary/aromatic N) is 2. The number of rotatable bonds is 3. The van der Waals surface area contributed by atoms with E-state index < -0.39 is 0 Å². The minimum absolute atomic E-state index is 0.483. The van der Waals surface area contributed by atoms with Gasteiger partial charge in [-0.3, -0.25) is 4.68 Å². The number of nitrogens with one attached hydrogen (secondary N) is 1. The van der Waals surface area contributed by atoms with Crippen LogP contribution in [0.15, 0.2) is 0 Å². The summed E-state index contributed by atoms with van der Waals surface area (Å²) in [6, 6.07) is 0.483. The van der Waals surface area contributed by atoms with E-state index in [0.717, 1.165) is 5.92 Å². The van der Waals surface area contributed by atoms with Gasteiger partial charge in [-0.25, -0.2) is 0 Å². The van der Waals surface area contributed by atoms with Gasteiger partial charge in [-0.1, -0.05) is 25.7 Å². The first-order valence-corrected chi connectivity index (χ1v) is 7.32. The summed E-state index contributed by atoms with van der Waals surface area (Å²) in [6.07, 6.45) is 8.33. The Hall–Kier alpha value is -0.830. The summed E-state index contributed by atoms with van der Waals surface area (Å²) in [4.78, 5) is 0. The van der Waals surface area contributed by atoms with Crippen molar-refractivity contribution in [2.45, 2.75) is 58.4 Å². The van der Waals surface area contributed by atoms with Crippen LogP contribution in [-0.4, -0.2) is 16.8 Å². The molecule has 18 heavy (non-hydrogen) atoms. The fourth-order valence-corrected chi connectivity index (χ4v) is 3.50. The molecular weight excluding hydrogens is 222 g/mol. The average molecular weight is 249 g/mol.